The lowest BCUT2D eigenvalue weighted by Crippen LogP contribution is -2.37. The molecular weight excluding hydrogens is 316 g/mol. The molecule has 0 bridgehead atoms. The number of guanidine groups is 1. The van der Waals surface area contributed by atoms with E-state index in [0.29, 0.717) is 0 Å². The lowest BCUT2D eigenvalue weighted by molar-refractivity contribution is 0.655. The van der Waals surface area contributed by atoms with Crippen LogP contribution >= 0.6 is 11.3 Å². The summed E-state index contributed by atoms with van der Waals surface area (Å²) in [4.78, 5) is 10.1. The van der Waals surface area contributed by atoms with Crippen LogP contribution in [0.1, 0.15) is 40.4 Å². The van der Waals surface area contributed by atoms with Gasteiger partial charge in [-0.3, -0.25) is 4.99 Å². The van der Waals surface area contributed by atoms with Crippen molar-refractivity contribution >= 4 is 17.3 Å². The van der Waals surface area contributed by atoms with Gasteiger partial charge in [-0.25, -0.2) is 4.98 Å². The van der Waals surface area contributed by atoms with Gasteiger partial charge in [0.05, 0.1) is 12.2 Å². The second-order valence-corrected chi connectivity index (χ2v) is 7.19. The van der Waals surface area contributed by atoms with Crippen molar-refractivity contribution in [1.29, 1.82) is 0 Å². The molecule has 0 radical (unpaired) electrons. The molecule has 0 atom stereocenters. The number of nitrogens with one attached hydrogen (secondary N) is 2. The molecule has 0 fully saturated rings. The zero-order valence-corrected chi connectivity index (χ0v) is 15.7. The van der Waals surface area contributed by atoms with Crippen LogP contribution in [0.25, 0.3) is 0 Å². The molecule has 0 aliphatic heterocycles. The van der Waals surface area contributed by atoms with Crippen molar-refractivity contribution in [3.8, 4) is 0 Å². The normalized spacial score (nSPS) is 11.5. The number of hydrogen-bond donors (Lipinski definition) is 2. The molecule has 0 spiro atoms. The summed E-state index contributed by atoms with van der Waals surface area (Å²) < 4.78 is 0. The predicted molar refractivity (Wildman–Crippen MR) is 104 cm³/mol. The fourth-order valence-electron chi connectivity index (χ4n) is 2.48. The molecule has 0 unspecified atom stereocenters. The van der Waals surface area contributed by atoms with E-state index in [1.807, 2.05) is 7.05 Å². The van der Waals surface area contributed by atoms with Gasteiger partial charge in [-0.2, -0.15) is 0 Å². The highest BCUT2D eigenvalue weighted by atomic mass is 32.1. The van der Waals surface area contributed by atoms with E-state index in [4.69, 9.17) is 0 Å². The quantitative estimate of drug-likeness (QED) is 0.434. The lowest BCUT2D eigenvalue weighted by atomic mass is 10.1. The molecule has 0 aliphatic carbocycles. The van der Waals surface area contributed by atoms with Gasteiger partial charge in [0, 0.05) is 18.5 Å². The first kappa shape index (κ1) is 18.5. The first-order valence-electron chi connectivity index (χ1n) is 8.60. The summed E-state index contributed by atoms with van der Waals surface area (Å²) >= 11 is 1.74. The van der Waals surface area contributed by atoms with Gasteiger partial charge in [0.2, 0.25) is 0 Å². The molecular formula is C19H28N4S. The number of rotatable bonds is 8. The van der Waals surface area contributed by atoms with Crippen LogP contribution in [0.4, 0.5) is 0 Å². The maximum Gasteiger partial charge on any atom is 0.191 e. The largest absolute Gasteiger partial charge is 0.356 e. The maximum absolute atomic E-state index is 4.54. The van der Waals surface area contributed by atoms with Gasteiger partial charge in [0.1, 0.15) is 5.01 Å². The van der Waals surface area contributed by atoms with Crippen LogP contribution in [0, 0.1) is 13.8 Å². The van der Waals surface area contributed by atoms with Crippen molar-refractivity contribution in [3.63, 3.8) is 0 Å². The molecule has 4 nitrogen and oxygen atoms in total. The van der Waals surface area contributed by atoms with Gasteiger partial charge in [-0.15, -0.1) is 11.3 Å². The molecule has 130 valence electrons. The zero-order valence-electron chi connectivity index (χ0n) is 14.9. The van der Waals surface area contributed by atoms with Crippen LogP contribution in [0.2, 0.25) is 0 Å². The number of benzene rings is 1. The average molecular weight is 345 g/mol. The predicted octanol–water partition coefficient (Wildman–Crippen LogP) is 3.84. The first-order valence-corrected chi connectivity index (χ1v) is 9.42. The SMILES string of the molecule is CN=C(NCCCCCc1ccccc1)NCc1nc(C)c(C)s1. The third-order valence-corrected chi connectivity index (χ3v) is 5.05. The summed E-state index contributed by atoms with van der Waals surface area (Å²) in [5.41, 5.74) is 2.55. The Kier molecular flexibility index (Phi) is 7.75. The minimum absolute atomic E-state index is 0.729. The van der Waals surface area contributed by atoms with Crippen LogP contribution in [0.5, 0.6) is 0 Å². The number of thiazole rings is 1. The number of hydrogen-bond acceptors (Lipinski definition) is 3. The van der Waals surface area contributed by atoms with Gasteiger partial charge >= 0.3 is 0 Å². The third-order valence-electron chi connectivity index (χ3n) is 3.98. The smallest absolute Gasteiger partial charge is 0.191 e. The fraction of sp³-hybridized carbons (Fsp3) is 0.474. The minimum Gasteiger partial charge on any atom is -0.356 e. The first-order chi connectivity index (χ1) is 11.7. The number of aryl methyl sites for hydroxylation is 3. The second kappa shape index (κ2) is 10.1. The van der Waals surface area contributed by atoms with Crippen LogP contribution in [0.3, 0.4) is 0 Å². The van der Waals surface area contributed by atoms with Gasteiger partial charge in [-0.05, 0) is 38.7 Å². The summed E-state index contributed by atoms with van der Waals surface area (Å²) in [6, 6.07) is 10.7. The van der Waals surface area contributed by atoms with Crippen LogP contribution in [-0.2, 0) is 13.0 Å². The van der Waals surface area contributed by atoms with Crippen molar-refractivity contribution in [3.05, 3.63) is 51.5 Å². The van der Waals surface area contributed by atoms with E-state index < -0.39 is 0 Å². The standard InChI is InChI=1S/C19H28N4S/c1-15-16(2)24-18(23-15)14-22-19(20-3)21-13-9-5-8-12-17-10-6-4-7-11-17/h4,6-7,10-11H,5,8-9,12-14H2,1-3H3,(H2,20,21,22). The molecule has 1 aromatic heterocycles. The van der Waals surface area contributed by atoms with Gasteiger partial charge < -0.3 is 10.6 Å². The Bertz CT molecular complexity index is 615. The average Bonchev–Trinajstić information content (AvgIpc) is 2.92. The third kappa shape index (κ3) is 6.32. The molecule has 2 aromatic rings. The van der Waals surface area contributed by atoms with E-state index in [1.54, 1.807) is 11.3 Å². The topological polar surface area (TPSA) is 49.3 Å². The Balaban J connectivity index is 1.58. The van der Waals surface area contributed by atoms with E-state index in [-0.39, 0.29) is 0 Å². The molecule has 0 amide bonds. The molecule has 24 heavy (non-hydrogen) atoms. The van der Waals surface area contributed by atoms with Crippen molar-refractivity contribution in [2.24, 2.45) is 4.99 Å². The lowest BCUT2D eigenvalue weighted by Gasteiger charge is -2.10. The fourth-order valence-corrected chi connectivity index (χ4v) is 3.35. The Morgan fingerprint density at radius 1 is 1.08 bits per heavy atom. The van der Waals surface area contributed by atoms with E-state index in [0.717, 1.165) is 42.6 Å². The van der Waals surface area contributed by atoms with Crippen molar-refractivity contribution in [2.75, 3.05) is 13.6 Å². The van der Waals surface area contributed by atoms with E-state index in [1.165, 1.54) is 23.3 Å². The molecule has 0 aliphatic rings. The summed E-state index contributed by atoms with van der Waals surface area (Å²) in [7, 11) is 1.81. The van der Waals surface area contributed by atoms with E-state index >= 15 is 0 Å². The van der Waals surface area contributed by atoms with Crippen molar-refractivity contribution in [1.82, 2.24) is 15.6 Å². The van der Waals surface area contributed by atoms with Gasteiger partial charge in [0.15, 0.2) is 5.96 Å². The minimum atomic E-state index is 0.729. The van der Waals surface area contributed by atoms with Crippen molar-refractivity contribution in [2.45, 2.75) is 46.1 Å². The molecule has 5 heteroatoms. The zero-order chi connectivity index (χ0) is 17.2. The molecule has 2 rings (SSSR count). The Hall–Kier alpha value is -1.88. The Morgan fingerprint density at radius 3 is 2.54 bits per heavy atom. The summed E-state index contributed by atoms with van der Waals surface area (Å²) in [6.45, 7) is 5.84. The number of unbranched alkanes of at least 4 members (excludes halogenated alkanes) is 2. The monoisotopic (exact) mass is 344 g/mol. The maximum atomic E-state index is 4.54. The Morgan fingerprint density at radius 2 is 1.88 bits per heavy atom. The summed E-state index contributed by atoms with van der Waals surface area (Å²) in [5.74, 6) is 0.851. The molecule has 1 aromatic carbocycles. The van der Waals surface area contributed by atoms with E-state index in [9.17, 15) is 0 Å². The number of nitrogens with zero attached hydrogens (tertiary/aromatic N) is 2. The van der Waals surface area contributed by atoms with Crippen LogP contribution < -0.4 is 10.6 Å². The molecule has 2 N–H and O–H groups in total. The van der Waals surface area contributed by atoms with Gasteiger partial charge in [-0.1, -0.05) is 36.8 Å². The summed E-state index contributed by atoms with van der Waals surface area (Å²) in [6.07, 6.45) is 4.78. The summed E-state index contributed by atoms with van der Waals surface area (Å²) in [5, 5.41) is 7.81. The van der Waals surface area contributed by atoms with E-state index in [2.05, 4.69) is 64.8 Å². The van der Waals surface area contributed by atoms with Gasteiger partial charge in [0.25, 0.3) is 0 Å². The van der Waals surface area contributed by atoms with Crippen molar-refractivity contribution < 1.29 is 0 Å². The molecule has 0 saturated heterocycles. The number of aromatic nitrogens is 1. The van der Waals surface area contributed by atoms with Crippen LogP contribution in [0.15, 0.2) is 35.3 Å². The highest BCUT2D eigenvalue weighted by molar-refractivity contribution is 7.11. The highest BCUT2D eigenvalue weighted by Crippen LogP contribution is 2.15. The Labute approximate surface area is 149 Å². The second-order valence-electron chi connectivity index (χ2n) is 5.90. The van der Waals surface area contributed by atoms with Crippen LogP contribution in [-0.4, -0.2) is 24.5 Å². The highest BCUT2D eigenvalue weighted by Gasteiger charge is 2.04. The number of aliphatic imine (C=N–C) groups is 1. The molecule has 0 saturated carbocycles. The molecule has 1 heterocycles.